The Bertz CT molecular complexity index is 558. The second kappa shape index (κ2) is 7.22. The number of nitrogens with one attached hydrogen (secondary N) is 1. The standard InChI is InChI=1S/C13H16N2O6/c1-3-4-10(13(17)18)14-12(16)9-7-8(15(19)20)5-6-11(9)21-2/h5-7,10H,3-4H2,1-2H3,(H,14,16)(H,17,18)/t10-/m0/s1. The molecule has 0 bridgehead atoms. The summed E-state index contributed by atoms with van der Waals surface area (Å²) in [7, 11) is 1.32. The van der Waals surface area contributed by atoms with Gasteiger partial charge in [-0.05, 0) is 12.5 Å². The van der Waals surface area contributed by atoms with Crippen molar-refractivity contribution < 1.29 is 24.4 Å². The number of ether oxygens (including phenoxy) is 1. The van der Waals surface area contributed by atoms with Gasteiger partial charge < -0.3 is 15.2 Å². The zero-order valence-corrected chi connectivity index (χ0v) is 11.7. The molecule has 2 N–H and O–H groups in total. The number of amides is 1. The summed E-state index contributed by atoms with van der Waals surface area (Å²) in [5, 5.41) is 22.1. The fourth-order valence-corrected chi connectivity index (χ4v) is 1.77. The minimum absolute atomic E-state index is 0.0750. The third kappa shape index (κ3) is 4.16. The normalized spacial score (nSPS) is 11.5. The van der Waals surface area contributed by atoms with E-state index in [1.165, 1.54) is 19.2 Å². The molecule has 0 saturated heterocycles. The predicted molar refractivity (Wildman–Crippen MR) is 73.4 cm³/mol. The lowest BCUT2D eigenvalue weighted by Crippen LogP contribution is -2.40. The minimum Gasteiger partial charge on any atom is -0.496 e. The summed E-state index contributed by atoms with van der Waals surface area (Å²) in [6, 6.07) is 2.50. The van der Waals surface area contributed by atoms with Crippen LogP contribution < -0.4 is 10.1 Å². The number of carboxylic acid groups (broad SMARTS) is 1. The van der Waals surface area contributed by atoms with E-state index >= 15 is 0 Å². The van der Waals surface area contributed by atoms with Crippen LogP contribution in [0.5, 0.6) is 5.75 Å². The molecule has 1 aromatic carbocycles. The number of methoxy groups -OCH3 is 1. The Hall–Kier alpha value is -2.64. The number of rotatable bonds is 7. The Kier molecular flexibility index (Phi) is 5.65. The molecule has 0 aliphatic heterocycles. The largest absolute Gasteiger partial charge is 0.496 e. The van der Waals surface area contributed by atoms with E-state index in [2.05, 4.69) is 5.32 Å². The molecule has 1 aromatic rings. The minimum atomic E-state index is -1.16. The van der Waals surface area contributed by atoms with Gasteiger partial charge in [0.25, 0.3) is 11.6 Å². The number of hydrogen-bond acceptors (Lipinski definition) is 5. The molecule has 0 aliphatic rings. The predicted octanol–water partition coefficient (Wildman–Crippen LogP) is 1.59. The van der Waals surface area contributed by atoms with Crippen molar-refractivity contribution >= 4 is 17.6 Å². The van der Waals surface area contributed by atoms with E-state index in [-0.39, 0.29) is 23.4 Å². The second-order valence-corrected chi connectivity index (χ2v) is 4.29. The SMILES string of the molecule is CCC[C@H](NC(=O)c1cc([N+](=O)[O-])ccc1OC)C(=O)O. The number of nitro benzene ring substituents is 1. The summed E-state index contributed by atoms with van der Waals surface area (Å²) < 4.78 is 4.97. The van der Waals surface area contributed by atoms with Crippen molar-refractivity contribution in [2.75, 3.05) is 7.11 Å². The lowest BCUT2D eigenvalue weighted by Gasteiger charge is -2.14. The lowest BCUT2D eigenvalue weighted by molar-refractivity contribution is -0.384. The van der Waals surface area contributed by atoms with Gasteiger partial charge in [0.05, 0.1) is 17.6 Å². The van der Waals surface area contributed by atoms with E-state index in [4.69, 9.17) is 9.84 Å². The highest BCUT2D eigenvalue weighted by molar-refractivity contribution is 5.99. The third-order valence-electron chi connectivity index (χ3n) is 2.82. The molecule has 0 heterocycles. The van der Waals surface area contributed by atoms with E-state index in [0.717, 1.165) is 6.07 Å². The summed E-state index contributed by atoms with van der Waals surface area (Å²) in [4.78, 5) is 33.2. The number of carbonyl (C=O) groups is 2. The van der Waals surface area contributed by atoms with Crippen LogP contribution in [0, 0.1) is 10.1 Å². The molecule has 0 radical (unpaired) electrons. The smallest absolute Gasteiger partial charge is 0.326 e. The molecule has 0 aromatic heterocycles. The zero-order valence-electron chi connectivity index (χ0n) is 11.7. The highest BCUT2D eigenvalue weighted by Gasteiger charge is 2.23. The molecule has 0 saturated carbocycles. The maximum Gasteiger partial charge on any atom is 0.326 e. The van der Waals surface area contributed by atoms with Crippen LogP contribution in [-0.2, 0) is 4.79 Å². The summed E-state index contributed by atoms with van der Waals surface area (Å²) in [6.07, 6.45) is 0.835. The van der Waals surface area contributed by atoms with Crippen molar-refractivity contribution in [3.05, 3.63) is 33.9 Å². The highest BCUT2D eigenvalue weighted by atomic mass is 16.6. The molecule has 1 amide bonds. The number of non-ortho nitro benzene ring substituents is 1. The molecule has 0 aliphatic carbocycles. The Morgan fingerprint density at radius 3 is 2.62 bits per heavy atom. The molecule has 0 fully saturated rings. The van der Waals surface area contributed by atoms with Gasteiger partial charge >= 0.3 is 5.97 Å². The van der Waals surface area contributed by atoms with Gasteiger partial charge in [0.15, 0.2) is 0 Å². The molecule has 21 heavy (non-hydrogen) atoms. The van der Waals surface area contributed by atoms with Crippen molar-refractivity contribution in [1.82, 2.24) is 5.32 Å². The van der Waals surface area contributed by atoms with Crippen LogP contribution in [0.2, 0.25) is 0 Å². The van der Waals surface area contributed by atoms with Crippen LogP contribution in [0.25, 0.3) is 0 Å². The fraction of sp³-hybridized carbons (Fsp3) is 0.385. The average Bonchev–Trinajstić information content (AvgIpc) is 2.45. The zero-order chi connectivity index (χ0) is 16.0. The Morgan fingerprint density at radius 2 is 2.14 bits per heavy atom. The first-order chi connectivity index (χ1) is 9.90. The van der Waals surface area contributed by atoms with Crippen molar-refractivity contribution in [2.45, 2.75) is 25.8 Å². The van der Waals surface area contributed by atoms with Gasteiger partial charge in [-0.1, -0.05) is 13.3 Å². The van der Waals surface area contributed by atoms with Crippen molar-refractivity contribution in [3.63, 3.8) is 0 Å². The van der Waals surface area contributed by atoms with Crippen LogP contribution in [0.3, 0.4) is 0 Å². The molecular weight excluding hydrogens is 280 g/mol. The molecule has 8 nitrogen and oxygen atoms in total. The first kappa shape index (κ1) is 16.4. The van der Waals surface area contributed by atoms with Crippen molar-refractivity contribution in [2.24, 2.45) is 0 Å². The van der Waals surface area contributed by atoms with Gasteiger partial charge in [-0.15, -0.1) is 0 Å². The first-order valence-electron chi connectivity index (χ1n) is 6.26. The van der Waals surface area contributed by atoms with Crippen LogP contribution >= 0.6 is 0 Å². The van der Waals surface area contributed by atoms with Crippen molar-refractivity contribution in [1.29, 1.82) is 0 Å². The monoisotopic (exact) mass is 296 g/mol. The van der Waals surface area contributed by atoms with Crippen LogP contribution in [0.4, 0.5) is 5.69 Å². The average molecular weight is 296 g/mol. The fourth-order valence-electron chi connectivity index (χ4n) is 1.77. The molecule has 8 heteroatoms. The van der Waals surface area contributed by atoms with Crippen LogP contribution in [-0.4, -0.2) is 35.1 Å². The number of aliphatic carboxylic acids is 1. The Morgan fingerprint density at radius 1 is 1.48 bits per heavy atom. The quantitative estimate of drug-likeness (QED) is 0.582. The Balaban J connectivity index is 3.07. The summed E-state index contributed by atoms with van der Waals surface area (Å²) in [5.41, 5.74) is -0.350. The van der Waals surface area contributed by atoms with Gasteiger partial charge in [0, 0.05) is 12.1 Å². The Labute approximate surface area is 120 Å². The van der Waals surface area contributed by atoms with Gasteiger partial charge in [0.1, 0.15) is 11.8 Å². The highest BCUT2D eigenvalue weighted by Crippen LogP contribution is 2.24. The van der Waals surface area contributed by atoms with E-state index in [1.54, 1.807) is 6.92 Å². The molecule has 1 atom stereocenters. The molecular formula is C13H16N2O6. The second-order valence-electron chi connectivity index (χ2n) is 4.29. The summed E-state index contributed by atoms with van der Waals surface area (Å²) >= 11 is 0. The van der Waals surface area contributed by atoms with Gasteiger partial charge in [-0.25, -0.2) is 4.79 Å². The molecule has 114 valence electrons. The number of nitro groups is 1. The van der Waals surface area contributed by atoms with Crippen molar-refractivity contribution in [3.8, 4) is 5.75 Å². The lowest BCUT2D eigenvalue weighted by atomic mass is 10.1. The number of benzene rings is 1. The topological polar surface area (TPSA) is 119 Å². The van der Waals surface area contributed by atoms with Gasteiger partial charge in [-0.3, -0.25) is 14.9 Å². The number of hydrogen-bond donors (Lipinski definition) is 2. The third-order valence-corrected chi connectivity index (χ3v) is 2.82. The molecule has 0 spiro atoms. The van der Waals surface area contributed by atoms with E-state index < -0.39 is 22.8 Å². The van der Waals surface area contributed by atoms with Crippen LogP contribution in [0.15, 0.2) is 18.2 Å². The maximum atomic E-state index is 12.1. The number of carboxylic acids is 1. The van der Waals surface area contributed by atoms with E-state index in [0.29, 0.717) is 6.42 Å². The van der Waals surface area contributed by atoms with Gasteiger partial charge in [0.2, 0.25) is 0 Å². The maximum absolute atomic E-state index is 12.1. The van der Waals surface area contributed by atoms with Crippen LogP contribution in [0.1, 0.15) is 30.1 Å². The molecule has 0 unspecified atom stereocenters. The van der Waals surface area contributed by atoms with Gasteiger partial charge in [-0.2, -0.15) is 0 Å². The summed E-state index contributed by atoms with van der Waals surface area (Å²) in [6.45, 7) is 1.79. The van der Waals surface area contributed by atoms with E-state index in [1.807, 2.05) is 0 Å². The number of nitrogens with zero attached hydrogens (tertiary/aromatic N) is 1. The van der Waals surface area contributed by atoms with E-state index in [9.17, 15) is 19.7 Å². The first-order valence-corrected chi connectivity index (χ1v) is 6.26. The number of carbonyl (C=O) groups excluding carboxylic acids is 1. The summed E-state index contributed by atoms with van der Waals surface area (Å²) in [5.74, 6) is -1.75. The molecule has 1 rings (SSSR count).